The maximum absolute atomic E-state index is 11.8. The Hall–Kier alpha value is -2.16. The van der Waals surface area contributed by atoms with Gasteiger partial charge in [0.25, 0.3) is 0 Å². The molecular weight excluding hydrogens is 312 g/mol. The van der Waals surface area contributed by atoms with Crippen molar-refractivity contribution in [1.29, 1.82) is 0 Å². The van der Waals surface area contributed by atoms with Gasteiger partial charge in [0.2, 0.25) is 12.4 Å². The SMILES string of the molecule is COC(=O)[C@H]1O[C@@H](OC(C)=O)[C@H](OC(C)=O)[C@@H](OC(C)=O)[C@@H]1C. The highest BCUT2D eigenvalue weighted by molar-refractivity contribution is 5.75. The molecule has 0 amide bonds. The van der Waals surface area contributed by atoms with Crippen molar-refractivity contribution in [2.45, 2.75) is 52.3 Å². The minimum Gasteiger partial charge on any atom is -0.467 e. The van der Waals surface area contributed by atoms with Crippen LogP contribution < -0.4 is 0 Å². The molecule has 1 aliphatic rings. The lowest BCUT2D eigenvalue weighted by molar-refractivity contribution is -0.280. The summed E-state index contributed by atoms with van der Waals surface area (Å²) in [4.78, 5) is 45.7. The highest BCUT2D eigenvalue weighted by Crippen LogP contribution is 2.32. The largest absolute Gasteiger partial charge is 0.467 e. The lowest BCUT2D eigenvalue weighted by Crippen LogP contribution is -2.59. The zero-order chi connectivity index (χ0) is 17.7. The Morgan fingerprint density at radius 3 is 1.74 bits per heavy atom. The summed E-state index contributed by atoms with van der Waals surface area (Å²) >= 11 is 0. The minimum absolute atomic E-state index is 0.647. The van der Waals surface area contributed by atoms with E-state index in [9.17, 15) is 19.2 Å². The molecule has 1 fully saturated rings. The maximum Gasteiger partial charge on any atom is 0.335 e. The van der Waals surface area contributed by atoms with Crippen molar-refractivity contribution in [2.75, 3.05) is 7.11 Å². The quantitative estimate of drug-likeness (QED) is 0.516. The topological polar surface area (TPSA) is 114 Å². The zero-order valence-electron chi connectivity index (χ0n) is 13.6. The Labute approximate surface area is 133 Å². The van der Waals surface area contributed by atoms with Gasteiger partial charge in [-0.25, -0.2) is 4.79 Å². The van der Waals surface area contributed by atoms with Crippen molar-refractivity contribution in [2.24, 2.45) is 5.92 Å². The van der Waals surface area contributed by atoms with Crippen LogP contribution in [0.15, 0.2) is 0 Å². The molecule has 0 radical (unpaired) electrons. The molecule has 0 saturated carbocycles. The molecule has 0 aromatic heterocycles. The average molecular weight is 332 g/mol. The van der Waals surface area contributed by atoms with Gasteiger partial charge in [0.15, 0.2) is 12.2 Å². The summed E-state index contributed by atoms with van der Waals surface area (Å²) in [7, 11) is 1.16. The van der Waals surface area contributed by atoms with Crippen molar-refractivity contribution in [3.05, 3.63) is 0 Å². The maximum atomic E-state index is 11.8. The number of esters is 4. The van der Waals surface area contributed by atoms with Crippen molar-refractivity contribution in [3.63, 3.8) is 0 Å². The molecule has 0 bridgehead atoms. The monoisotopic (exact) mass is 332 g/mol. The van der Waals surface area contributed by atoms with Crippen LogP contribution in [0.3, 0.4) is 0 Å². The van der Waals surface area contributed by atoms with Crippen LogP contribution in [-0.2, 0) is 42.9 Å². The number of hydrogen-bond donors (Lipinski definition) is 0. The van der Waals surface area contributed by atoms with Gasteiger partial charge >= 0.3 is 23.9 Å². The molecule has 0 unspecified atom stereocenters. The van der Waals surface area contributed by atoms with Gasteiger partial charge < -0.3 is 23.7 Å². The van der Waals surface area contributed by atoms with Crippen molar-refractivity contribution >= 4 is 23.9 Å². The highest BCUT2D eigenvalue weighted by atomic mass is 16.7. The predicted molar refractivity (Wildman–Crippen MR) is 72.7 cm³/mol. The van der Waals surface area contributed by atoms with Gasteiger partial charge in [-0.05, 0) is 0 Å². The van der Waals surface area contributed by atoms with E-state index in [2.05, 4.69) is 4.74 Å². The third-order valence-corrected chi connectivity index (χ3v) is 3.19. The Balaban J connectivity index is 3.17. The van der Waals surface area contributed by atoms with Crippen LogP contribution in [0.1, 0.15) is 27.7 Å². The molecule has 0 N–H and O–H groups in total. The number of rotatable bonds is 4. The molecule has 0 aromatic rings. The van der Waals surface area contributed by atoms with Crippen LogP contribution >= 0.6 is 0 Å². The number of methoxy groups -OCH3 is 1. The lowest BCUT2D eigenvalue weighted by atomic mass is 9.90. The summed E-state index contributed by atoms with van der Waals surface area (Å²) in [6.07, 6.45) is -4.80. The van der Waals surface area contributed by atoms with Crippen LogP contribution in [0.4, 0.5) is 0 Å². The van der Waals surface area contributed by atoms with Gasteiger partial charge in [0.1, 0.15) is 0 Å². The van der Waals surface area contributed by atoms with Crippen molar-refractivity contribution < 1.29 is 42.9 Å². The van der Waals surface area contributed by atoms with E-state index in [0.717, 1.165) is 21.0 Å². The zero-order valence-corrected chi connectivity index (χ0v) is 13.6. The first-order chi connectivity index (χ1) is 10.7. The third-order valence-electron chi connectivity index (χ3n) is 3.19. The van der Waals surface area contributed by atoms with E-state index in [4.69, 9.17) is 18.9 Å². The van der Waals surface area contributed by atoms with E-state index < -0.39 is 54.4 Å². The van der Waals surface area contributed by atoms with E-state index in [0.29, 0.717) is 0 Å². The summed E-state index contributed by atoms with van der Waals surface area (Å²) in [6, 6.07) is 0. The summed E-state index contributed by atoms with van der Waals surface area (Å²) in [6.45, 7) is 5.00. The van der Waals surface area contributed by atoms with E-state index in [-0.39, 0.29) is 0 Å². The lowest BCUT2D eigenvalue weighted by Gasteiger charge is -2.42. The van der Waals surface area contributed by atoms with E-state index in [1.54, 1.807) is 6.92 Å². The molecule has 9 nitrogen and oxygen atoms in total. The van der Waals surface area contributed by atoms with Crippen molar-refractivity contribution in [3.8, 4) is 0 Å². The Kier molecular flexibility index (Phi) is 6.49. The number of hydrogen-bond acceptors (Lipinski definition) is 9. The van der Waals surface area contributed by atoms with E-state index in [1.165, 1.54) is 6.92 Å². The molecule has 1 aliphatic heterocycles. The van der Waals surface area contributed by atoms with E-state index in [1.807, 2.05) is 0 Å². The second-order valence-electron chi connectivity index (χ2n) is 5.06. The van der Waals surface area contributed by atoms with Crippen LogP contribution in [0.2, 0.25) is 0 Å². The molecule has 23 heavy (non-hydrogen) atoms. The molecule has 9 heteroatoms. The Morgan fingerprint density at radius 2 is 1.30 bits per heavy atom. The fourth-order valence-corrected chi connectivity index (χ4v) is 2.30. The summed E-state index contributed by atoms with van der Waals surface area (Å²) in [5.74, 6) is -3.47. The van der Waals surface area contributed by atoms with Gasteiger partial charge in [-0.3, -0.25) is 14.4 Å². The molecule has 0 aromatic carbocycles. The first-order valence-corrected chi connectivity index (χ1v) is 6.92. The molecule has 1 saturated heterocycles. The normalized spacial score (nSPS) is 30.0. The van der Waals surface area contributed by atoms with Gasteiger partial charge in [0.05, 0.1) is 7.11 Å². The van der Waals surface area contributed by atoms with Crippen LogP contribution in [0.25, 0.3) is 0 Å². The van der Waals surface area contributed by atoms with Gasteiger partial charge in [-0.1, -0.05) is 6.92 Å². The van der Waals surface area contributed by atoms with Gasteiger partial charge in [-0.15, -0.1) is 0 Å². The summed E-state index contributed by atoms with van der Waals surface area (Å²) in [5, 5.41) is 0. The van der Waals surface area contributed by atoms with Gasteiger partial charge in [-0.2, -0.15) is 0 Å². The standard InChI is InChI=1S/C14H20O9/c1-6-10(20-7(2)15)12(21-8(3)16)14(22-9(4)17)23-11(6)13(18)19-5/h6,10-12,14H,1-5H3/t6-,10-,11-,12+,14+/m0/s1. The summed E-state index contributed by atoms with van der Waals surface area (Å²) in [5.41, 5.74) is 0. The third kappa shape index (κ3) is 4.92. The first-order valence-electron chi connectivity index (χ1n) is 6.92. The summed E-state index contributed by atoms with van der Waals surface area (Å²) < 4.78 is 25.2. The van der Waals surface area contributed by atoms with Crippen LogP contribution in [-0.4, -0.2) is 55.6 Å². The van der Waals surface area contributed by atoms with Crippen LogP contribution in [0, 0.1) is 5.92 Å². The Bertz CT molecular complexity index is 487. The molecule has 130 valence electrons. The Morgan fingerprint density at radius 1 is 0.826 bits per heavy atom. The highest BCUT2D eigenvalue weighted by Gasteiger charge is 2.52. The molecule has 0 spiro atoms. The predicted octanol–water partition coefficient (Wildman–Crippen LogP) is -0.0531. The second-order valence-corrected chi connectivity index (χ2v) is 5.06. The smallest absolute Gasteiger partial charge is 0.335 e. The molecule has 1 heterocycles. The molecule has 5 atom stereocenters. The van der Waals surface area contributed by atoms with Crippen molar-refractivity contribution in [1.82, 2.24) is 0 Å². The fourth-order valence-electron chi connectivity index (χ4n) is 2.30. The average Bonchev–Trinajstić information content (AvgIpc) is 2.43. The molecule has 1 rings (SSSR count). The minimum atomic E-state index is -1.40. The second kappa shape index (κ2) is 7.91. The number of carbonyl (C=O) groups is 4. The van der Waals surface area contributed by atoms with Crippen LogP contribution in [0.5, 0.6) is 0 Å². The fraction of sp³-hybridized carbons (Fsp3) is 0.714. The number of ether oxygens (including phenoxy) is 5. The molecule has 0 aliphatic carbocycles. The number of carbonyl (C=O) groups excluding carboxylic acids is 4. The van der Waals surface area contributed by atoms with Gasteiger partial charge in [0, 0.05) is 26.7 Å². The first kappa shape index (κ1) is 18.9. The molecular formula is C14H20O9. The van der Waals surface area contributed by atoms with E-state index >= 15 is 0 Å².